The van der Waals surface area contributed by atoms with Crippen LogP contribution in [0.1, 0.15) is 0 Å². The normalized spacial score (nSPS) is 10.1. The van der Waals surface area contributed by atoms with E-state index in [1.54, 1.807) is 24.3 Å². The van der Waals surface area contributed by atoms with Crippen molar-refractivity contribution in [2.75, 3.05) is 0 Å². The van der Waals surface area contributed by atoms with E-state index in [1.807, 2.05) is 0 Å². The van der Waals surface area contributed by atoms with Crippen LogP contribution in [0.2, 0.25) is 0 Å². The van der Waals surface area contributed by atoms with E-state index < -0.39 is 11.6 Å². The Bertz CT molecular complexity index is 514. The largest absolute Gasteiger partial charge is 0.457 e. The molecular formula is C12H9BF2O2. The van der Waals surface area contributed by atoms with Crippen molar-refractivity contribution in [1.29, 1.82) is 0 Å². The number of rotatable bonds is 3. The van der Waals surface area contributed by atoms with E-state index in [2.05, 4.69) is 0 Å². The van der Waals surface area contributed by atoms with Crippen molar-refractivity contribution in [3.05, 3.63) is 54.1 Å². The van der Waals surface area contributed by atoms with Gasteiger partial charge in [0.05, 0.1) is 0 Å². The molecule has 0 bridgehead atoms. The molecule has 2 rings (SSSR count). The molecule has 2 nitrogen and oxygen atoms in total. The van der Waals surface area contributed by atoms with E-state index in [9.17, 15) is 8.78 Å². The molecule has 0 heterocycles. The summed E-state index contributed by atoms with van der Waals surface area (Å²) in [7, 11) is -0.0501. The van der Waals surface area contributed by atoms with Crippen LogP contribution in [0.5, 0.6) is 11.5 Å². The quantitative estimate of drug-likeness (QED) is 0.819. The first kappa shape index (κ1) is 11.6. The van der Waals surface area contributed by atoms with Gasteiger partial charge in [0.15, 0.2) is 11.6 Å². The van der Waals surface area contributed by atoms with Gasteiger partial charge >= 0.3 is 7.48 Å². The summed E-state index contributed by atoms with van der Waals surface area (Å²) in [4.78, 5) is 0. The summed E-state index contributed by atoms with van der Waals surface area (Å²) in [5.74, 6) is -1.14. The van der Waals surface area contributed by atoms with Crippen LogP contribution in [-0.2, 0) is 0 Å². The van der Waals surface area contributed by atoms with E-state index in [1.165, 1.54) is 6.07 Å². The highest BCUT2D eigenvalue weighted by Crippen LogP contribution is 2.22. The summed E-state index contributed by atoms with van der Waals surface area (Å²) in [6.07, 6.45) is 0. The predicted molar refractivity (Wildman–Crippen MR) is 61.9 cm³/mol. The van der Waals surface area contributed by atoms with Gasteiger partial charge in [-0.05, 0) is 24.3 Å². The number of benzene rings is 2. The number of ether oxygens (including phenoxy) is 1. The van der Waals surface area contributed by atoms with Crippen LogP contribution in [0, 0.1) is 11.6 Å². The molecule has 0 aliphatic heterocycles. The van der Waals surface area contributed by atoms with Crippen LogP contribution in [0.4, 0.5) is 8.78 Å². The minimum absolute atomic E-state index is 0.0501. The van der Waals surface area contributed by atoms with Crippen LogP contribution in [0.25, 0.3) is 0 Å². The Morgan fingerprint density at radius 3 is 2.12 bits per heavy atom. The molecule has 0 saturated heterocycles. The van der Waals surface area contributed by atoms with Crippen molar-refractivity contribution in [1.82, 2.24) is 0 Å². The SMILES string of the molecule is OBc1ccc(Oc2ccc(F)c(F)c2)cc1. The molecule has 1 N–H and O–H groups in total. The van der Waals surface area contributed by atoms with Gasteiger partial charge in [-0.3, -0.25) is 0 Å². The van der Waals surface area contributed by atoms with Gasteiger partial charge < -0.3 is 9.76 Å². The first-order valence-electron chi connectivity index (χ1n) is 5.02. The summed E-state index contributed by atoms with van der Waals surface area (Å²) < 4.78 is 30.9. The second kappa shape index (κ2) is 4.97. The molecule has 5 heteroatoms. The highest BCUT2D eigenvalue weighted by atomic mass is 19.2. The van der Waals surface area contributed by atoms with Crippen LogP contribution in [0.3, 0.4) is 0 Å². The zero-order valence-corrected chi connectivity index (χ0v) is 8.86. The highest BCUT2D eigenvalue weighted by molar-refractivity contribution is 6.45. The van der Waals surface area contributed by atoms with Crippen molar-refractivity contribution in [3.63, 3.8) is 0 Å². The van der Waals surface area contributed by atoms with E-state index in [0.717, 1.165) is 17.6 Å². The number of hydrogen-bond donors (Lipinski definition) is 1. The molecule has 0 aliphatic rings. The molecule has 2 aromatic rings. The molecule has 0 spiro atoms. The fourth-order valence-corrected chi connectivity index (χ4v) is 1.34. The zero-order chi connectivity index (χ0) is 12.3. The monoisotopic (exact) mass is 234 g/mol. The molecule has 17 heavy (non-hydrogen) atoms. The van der Waals surface area contributed by atoms with Gasteiger partial charge in [0, 0.05) is 6.07 Å². The average molecular weight is 234 g/mol. The second-order valence-electron chi connectivity index (χ2n) is 3.48. The second-order valence-corrected chi connectivity index (χ2v) is 3.48. The molecule has 0 amide bonds. The van der Waals surface area contributed by atoms with Crippen LogP contribution >= 0.6 is 0 Å². The van der Waals surface area contributed by atoms with Crippen molar-refractivity contribution in [2.45, 2.75) is 0 Å². The minimum atomic E-state index is -0.950. The predicted octanol–water partition coefficient (Wildman–Crippen LogP) is 1.73. The Labute approximate surface area is 97.7 Å². The zero-order valence-electron chi connectivity index (χ0n) is 8.86. The molecular weight excluding hydrogens is 225 g/mol. The Morgan fingerprint density at radius 2 is 1.53 bits per heavy atom. The molecule has 0 radical (unpaired) electrons. The van der Waals surface area contributed by atoms with Crippen LogP contribution in [-0.4, -0.2) is 12.5 Å². The van der Waals surface area contributed by atoms with Crippen LogP contribution < -0.4 is 10.2 Å². The molecule has 0 unspecified atom stereocenters. The molecule has 0 aromatic heterocycles. The van der Waals surface area contributed by atoms with Crippen molar-refractivity contribution in [2.24, 2.45) is 0 Å². The Balaban J connectivity index is 2.16. The van der Waals surface area contributed by atoms with Gasteiger partial charge in [-0.2, -0.15) is 0 Å². The standard InChI is InChI=1S/C12H9BF2O2/c14-11-6-5-10(7-12(11)15)17-9-3-1-8(13-16)2-4-9/h1-7,13,16H. The summed E-state index contributed by atoms with van der Waals surface area (Å²) in [5, 5.41) is 8.85. The lowest BCUT2D eigenvalue weighted by Crippen LogP contribution is -2.11. The summed E-state index contributed by atoms with van der Waals surface area (Å²) >= 11 is 0. The van der Waals surface area contributed by atoms with Gasteiger partial charge in [0.1, 0.15) is 11.5 Å². The smallest absolute Gasteiger partial charge is 0.304 e. The van der Waals surface area contributed by atoms with E-state index in [4.69, 9.17) is 9.76 Å². The summed E-state index contributed by atoms with van der Waals surface area (Å²) in [6.45, 7) is 0. The Morgan fingerprint density at radius 1 is 0.882 bits per heavy atom. The topological polar surface area (TPSA) is 29.5 Å². The average Bonchev–Trinajstić information content (AvgIpc) is 2.35. The third-order valence-electron chi connectivity index (χ3n) is 2.23. The summed E-state index contributed by atoms with van der Waals surface area (Å²) in [5.41, 5.74) is 0.752. The first-order valence-corrected chi connectivity index (χ1v) is 5.02. The fourth-order valence-electron chi connectivity index (χ4n) is 1.34. The summed E-state index contributed by atoms with van der Waals surface area (Å²) in [6, 6.07) is 10.0. The molecule has 0 saturated carbocycles. The molecule has 2 aromatic carbocycles. The molecule has 0 aliphatic carbocycles. The van der Waals surface area contributed by atoms with Crippen molar-refractivity contribution >= 4 is 12.9 Å². The Hall–Kier alpha value is -1.88. The maximum absolute atomic E-state index is 12.9. The minimum Gasteiger partial charge on any atom is -0.457 e. The molecule has 0 fully saturated rings. The Kier molecular flexibility index (Phi) is 3.39. The van der Waals surface area contributed by atoms with E-state index in [0.29, 0.717) is 5.75 Å². The van der Waals surface area contributed by atoms with Gasteiger partial charge in [0.2, 0.25) is 0 Å². The first-order chi connectivity index (χ1) is 8.19. The maximum atomic E-state index is 12.9. The lowest BCUT2D eigenvalue weighted by atomic mass is 9.89. The third kappa shape index (κ3) is 2.82. The lowest BCUT2D eigenvalue weighted by Gasteiger charge is -2.06. The molecule has 86 valence electrons. The fraction of sp³-hybridized carbons (Fsp3) is 0. The molecule has 0 atom stereocenters. The lowest BCUT2D eigenvalue weighted by molar-refractivity contribution is 0.461. The van der Waals surface area contributed by atoms with Gasteiger partial charge in [-0.15, -0.1) is 0 Å². The van der Waals surface area contributed by atoms with Gasteiger partial charge in [0.25, 0.3) is 0 Å². The van der Waals surface area contributed by atoms with Gasteiger partial charge in [-0.1, -0.05) is 17.6 Å². The third-order valence-corrected chi connectivity index (χ3v) is 2.23. The van der Waals surface area contributed by atoms with E-state index in [-0.39, 0.29) is 13.2 Å². The number of halogens is 2. The van der Waals surface area contributed by atoms with Crippen LogP contribution in [0.15, 0.2) is 42.5 Å². The highest BCUT2D eigenvalue weighted by Gasteiger charge is 2.04. The number of hydrogen-bond acceptors (Lipinski definition) is 2. The maximum Gasteiger partial charge on any atom is 0.304 e. The van der Waals surface area contributed by atoms with E-state index >= 15 is 0 Å². The van der Waals surface area contributed by atoms with Crippen molar-refractivity contribution < 1.29 is 18.5 Å². The van der Waals surface area contributed by atoms with Gasteiger partial charge in [-0.25, -0.2) is 8.78 Å². The van der Waals surface area contributed by atoms with Crippen molar-refractivity contribution in [3.8, 4) is 11.5 Å².